The number of hydrogen-bond donors (Lipinski definition) is 1. The van der Waals surface area contributed by atoms with Gasteiger partial charge in [-0.3, -0.25) is 14.5 Å². The Bertz CT molecular complexity index is 985. The molecule has 0 bridgehead atoms. The monoisotopic (exact) mass is 389 g/mol. The highest BCUT2D eigenvalue weighted by atomic mass is 16.5. The fraction of sp³-hybridized carbons (Fsp3) is 0.167. The molecular formula is C24H23NO4. The number of hydrogen-bond acceptors (Lipinski definition) is 5. The number of aromatic hydroxyl groups is 1. The number of likely N-dealkylation sites (N-methyl/N-ethyl adjacent to an activating group) is 1. The lowest BCUT2D eigenvalue weighted by molar-refractivity contribution is 0.0921. The zero-order valence-corrected chi connectivity index (χ0v) is 16.2. The quantitative estimate of drug-likeness (QED) is 0.561. The summed E-state index contributed by atoms with van der Waals surface area (Å²) in [5.41, 5.74) is 2.05. The number of carbonyl (C=O) groups excluding carboxylic acids is 2. The number of rotatable bonds is 9. The van der Waals surface area contributed by atoms with Gasteiger partial charge in [-0.25, -0.2) is 0 Å². The van der Waals surface area contributed by atoms with Gasteiger partial charge in [0.2, 0.25) is 0 Å². The Kier molecular flexibility index (Phi) is 6.76. The van der Waals surface area contributed by atoms with Crippen LogP contribution in [0.25, 0.3) is 0 Å². The minimum absolute atomic E-state index is 0.0202. The summed E-state index contributed by atoms with van der Waals surface area (Å²) in [6.07, 6.45) is 0. The van der Waals surface area contributed by atoms with E-state index in [0.717, 1.165) is 5.56 Å². The smallest absolute Gasteiger partial charge is 0.200 e. The fourth-order valence-electron chi connectivity index (χ4n) is 2.96. The van der Waals surface area contributed by atoms with E-state index in [2.05, 4.69) is 0 Å². The molecule has 0 atom stereocenters. The normalized spacial score (nSPS) is 10.7. The highest BCUT2D eigenvalue weighted by Crippen LogP contribution is 2.16. The number of carbonyl (C=O) groups is 2. The van der Waals surface area contributed by atoms with E-state index in [-0.39, 0.29) is 30.5 Å². The predicted molar refractivity (Wildman–Crippen MR) is 111 cm³/mol. The molecule has 0 saturated carbocycles. The first kappa shape index (κ1) is 20.3. The van der Waals surface area contributed by atoms with Crippen LogP contribution in [-0.2, 0) is 6.54 Å². The van der Waals surface area contributed by atoms with Crippen molar-refractivity contribution in [1.29, 1.82) is 0 Å². The Labute approximate surface area is 170 Å². The summed E-state index contributed by atoms with van der Waals surface area (Å²) in [4.78, 5) is 26.8. The summed E-state index contributed by atoms with van der Waals surface area (Å²) in [5, 5.41) is 9.48. The number of Topliss-reactive ketones (excluding diaryl/α,β-unsaturated/α-hetero) is 2. The maximum absolute atomic E-state index is 12.6. The van der Waals surface area contributed by atoms with Gasteiger partial charge >= 0.3 is 0 Å². The van der Waals surface area contributed by atoms with E-state index in [1.54, 1.807) is 36.4 Å². The van der Waals surface area contributed by atoms with Gasteiger partial charge < -0.3 is 9.84 Å². The highest BCUT2D eigenvalue weighted by molar-refractivity contribution is 5.98. The van der Waals surface area contributed by atoms with Gasteiger partial charge in [0.25, 0.3) is 0 Å². The van der Waals surface area contributed by atoms with Gasteiger partial charge in [0.15, 0.2) is 18.2 Å². The molecule has 5 heteroatoms. The number of benzene rings is 3. The van der Waals surface area contributed by atoms with Gasteiger partial charge in [0, 0.05) is 17.7 Å². The molecule has 3 rings (SSSR count). The van der Waals surface area contributed by atoms with Crippen LogP contribution in [0.2, 0.25) is 0 Å². The largest absolute Gasteiger partial charge is 0.508 e. The number of nitrogens with zero attached hydrogens (tertiary/aromatic N) is 1. The van der Waals surface area contributed by atoms with E-state index in [0.29, 0.717) is 23.4 Å². The van der Waals surface area contributed by atoms with Crippen LogP contribution < -0.4 is 4.74 Å². The van der Waals surface area contributed by atoms with Crippen LogP contribution in [0.1, 0.15) is 26.3 Å². The molecule has 0 aliphatic rings. The average Bonchev–Trinajstić information content (AvgIpc) is 2.73. The number of ether oxygens (including phenoxy) is 1. The number of phenolic OH excluding ortho intramolecular Hbond substituents is 1. The second-order valence-corrected chi connectivity index (χ2v) is 6.87. The highest BCUT2D eigenvalue weighted by Gasteiger charge is 2.12. The van der Waals surface area contributed by atoms with Gasteiger partial charge in [-0.05, 0) is 36.9 Å². The molecule has 29 heavy (non-hydrogen) atoms. The summed E-state index contributed by atoms with van der Waals surface area (Å²) in [5.74, 6) is 0.214. The molecule has 3 aromatic carbocycles. The van der Waals surface area contributed by atoms with Crippen molar-refractivity contribution in [3.8, 4) is 11.5 Å². The fourth-order valence-corrected chi connectivity index (χ4v) is 2.96. The molecule has 0 amide bonds. The number of phenols is 1. The van der Waals surface area contributed by atoms with Crippen LogP contribution in [0.15, 0.2) is 78.9 Å². The van der Waals surface area contributed by atoms with E-state index in [1.807, 2.05) is 42.3 Å². The van der Waals surface area contributed by atoms with Gasteiger partial charge in [-0.1, -0.05) is 54.6 Å². The summed E-state index contributed by atoms with van der Waals surface area (Å²) >= 11 is 0. The van der Waals surface area contributed by atoms with Crippen LogP contribution >= 0.6 is 0 Å². The Hall–Kier alpha value is -3.44. The van der Waals surface area contributed by atoms with E-state index in [9.17, 15) is 14.7 Å². The summed E-state index contributed by atoms with van der Waals surface area (Å²) in [6, 6.07) is 22.9. The van der Waals surface area contributed by atoms with Crippen LogP contribution in [0, 0.1) is 0 Å². The minimum Gasteiger partial charge on any atom is -0.508 e. The van der Waals surface area contributed by atoms with Gasteiger partial charge in [0.1, 0.15) is 11.5 Å². The first-order chi connectivity index (χ1) is 14.0. The Balaban J connectivity index is 1.57. The maximum Gasteiger partial charge on any atom is 0.200 e. The summed E-state index contributed by atoms with van der Waals surface area (Å²) in [7, 11) is 1.90. The molecule has 0 spiro atoms. The minimum atomic E-state index is -0.250. The maximum atomic E-state index is 12.6. The third-order valence-corrected chi connectivity index (χ3v) is 4.40. The molecule has 5 nitrogen and oxygen atoms in total. The number of ketones is 2. The van der Waals surface area contributed by atoms with Crippen LogP contribution in [0.3, 0.4) is 0 Å². The lowest BCUT2D eigenvalue weighted by atomic mass is 10.1. The topological polar surface area (TPSA) is 66.8 Å². The van der Waals surface area contributed by atoms with Crippen LogP contribution in [0.4, 0.5) is 0 Å². The van der Waals surface area contributed by atoms with Gasteiger partial charge in [0.05, 0.1) is 6.54 Å². The first-order valence-corrected chi connectivity index (χ1v) is 9.32. The van der Waals surface area contributed by atoms with Crippen molar-refractivity contribution in [2.24, 2.45) is 0 Å². The molecule has 0 aliphatic heterocycles. The molecule has 0 radical (unpaired) electrons. The SMILES string of the molecule is CN(CC(=O)c1cccc(OCC(=O)c2cccc(O)c2)c1)Cc1ccccc1. The van der Waals surface area contributed by atoms with Gasteiger partial charge in [-0.2, -0.15) is 0 Å². The third-order valence-electron chi connectivity index (χ3n) is 4.40. The Morgan fingerprint density at radius 1 is 0.862 bits per heavy atom. The lowest BCUT2D eigenvalue weighted by Gasteiger charge is -2.16. The molecule has 0 unspecified atom stereocenters. The van der Waals surface area contributed by atoms with E-state index in [1.165, 1.54) is 12.1 Å². The van der Waals surface area contributed by atoms with E-state index >= 15 is 0 Å². The van der Waals surface area contributed by atoms with Crippen molar-refractivity contribution in [3.63, 3.8) is 0 Å². The van der Waals surface area contributed by atoms with Crippen molar-refractivity contribution in [1.82, 2.24) is 4.90 Å². The molecule has 0 aliphatic carbocycles. The standard InChI is InChI=1S/C24H23NO4/c1-25(15-18-7-3-2-4-8-18)16-23(27)20-10-6-12-22(14-20)29-17-24(28)19-9-5-11-21(26)13-19/h2-14,26H,15-17H2,1H3. The van der Waals surface area contributed by atoms with Crippen molar-refractivity contribution in [2.75, 3.05) is 20.2 Å². The third kappa shape index (κ3) is 6.02. The summed E-state index contributed by atoms with van der Waals surface area (Å²) < 4.78 is 5.56. The zero-order chi connectivity index (χ0) is 20.6. The van der Waals surface area contributed by atoms with Crippen molar-refractivity contribution in [2.45, 2.75) is 6.54 Å². The molecule has 0 heterocycles. The first-order valence-electron chi connectivity index (χ1n) is 9.32. The van der Waals surface area contributed by atoms with E-state index < -0.39 is 0 Å². The van der Waals surface area contributed by atoms with Crippen LogP contribution in [-0.4, -0.2) is 41.8 Å². The molecule has 1 N–H and O–H groups in total. The van der Waals surface area contributed by atoms with Gasteiger partial charge in [-0.15, -0.1) is 0 Å². The van der Waals surface area contributed by atoms with Crippen LogP contribution in [0.5, 0.6) is 11.5 Å². The molecule has 0 fully saturated rings. The molecule has 0 aromatic heterocycles. The molecular weight excluding hydrogens is 366 g/mol. The zero-order valence-electron chi connectivity index (χ0n) is 16.2. The van der Waals surface area contributed by atoms with E-state index in [4.69, 9.17) is 4.74 Å². The molecule has 3 aromatic rings. The Morgan fingerprint density at radius 3 is 2.28 bits per heavy atom. The Morgan fingerprint density at radius 2 is 1.55 bits per heavy atom. The predicted octanol–water partition coefficient (Wildman–Crippen LogP) is 3.97. The lowest BCUT2D eigenvalue weighted by Crippen LogP contribution is -2.25. The molecule has 0 saturated heterocycles. The van der Waals surface area contributed by atoms with Crippen molar-refractivity contribution < 1.29 is 19.4 Å². The van der Waals surface area contributed by atoms with Crippen molar-refractivity contribution in [3.05, 3.63) is 95.6 Å². The average molecular weight is 389 g/mol. The second-order valence-electron chi connectivity index (χ2n) is 6.87. The summed E-state index contributed by atoms with van der Waals surface area (Å²) in [6.45, 7) is 0.788. The molecule has 148 valence electrons. The van der Waals surface area contributed by atoms with Crippen molar-refractivity contribution >= 4 is 11.6 Å². The second kappa shape index (κ2) is 9.66.